The van der Waals surface area contributed by atoms with E-state index < -0.39 is 0 Å². The van der Waals surface area contributed by atoms with E-state index in [-0.39, 0.29) is 6.10 Å². The van der Waals surface area contributed by atoms with E-state index in [1.165, 1.54) is 0 Å². The molecule has 0 aliphatic rings. The van der Waals surface area contributed by atoms with E-state index >= 15 is 0 Å². The van der Waals surface area contributed by atoms with Crippen molar-refractivity contribution in [1.29, 1.82) is 0 Å². The molecule has 2 nitrogen and oxygen atoms in total. The van der Waals surface area contributed by atoms with Gasteiger partial charge < -0.3 is 10.1 Å². The summed E-state index contributed by atoms with van der Waals surface area (Å²) in [6.45, 7) is 6.07. The standard InChI is InChI=1S/C12H17BrClNO/c1-3-6-15-8-9(2)16-12-5-4-10(14)7-11(12)13/h4-5,7,9,15H,3,6,8H2,1-2H3. The Hall–Kier alpha value is -0.250. The molecule has 0 bridgehead atoms. The van der Waals surface area contributed by atoms with Crippen LogP contribution >= 0.6 is 27.5 Å². The van der Waals surface area contributed by atoms with Crippen LogP contribution < -0.4 is 10.1 Å². The van der Waals surface area contributed by atoms with Crippen LogP contribution in [0.4, 0.5) is 0 Å². The van der Waals surface area contributed by atoms with E-state index in [9.17, 15) is 0 Å². The highest BCUT2D eigenvalue weighted by Gasteiger charge is 2.06. The van der Waals surface area contributed by atoms with E-state index in [4.69, 9.17) is 16.3 Å². The van der Waals surface area contributed by atoms with Crippen LogP contribution in [0, 0.1) is 0 Å². The predicted molar refractivity (Wildman–Crippen MR) is 72.4 cm³/mol. The van der Waals surface area contributed by atoms with Crippen LogP contribution in [0.5, 0.6) is 5.75 Å². The zero-order valence-electron chi connectivity index (χ0n) is 9.59. The second-order valence-electron chi connectivity index (χ2n) is 3.71. The number of halogens is 2. The van der Waals surface area contributed by atoms with Crippen LogP contribution in [0.25, 0.3) is 0 Å². The van der Waals surface area contributed by atoms with Crippen molar-refractivity contribution in [1.82, 2.24) is 5.32 Å². The summed E-state index contributed by atoms with van der Waals surface area (Å²) in [5.41, 5.74) is 0. The molecule has 0 saturated heterocycles. The van der Waals surface area contributed by atoms with E-state index in [2.05, 4.69) is 28.2 Å². The minimum atomic E-state index is 0.143. The summed E-state index contributed by atoms with van der Waals surface area (Å²) in [7, 11) is 0. The normalized spacial score (nSPS) is 12.5. The Balaban J connectivity index is 2.46. The van der Waals surface area contributed by atoms with Gasteiger partial charge in [-0.1, -0.05) is 18.5 Å². The molecule has 0 spiro atoms. The first kappa shape index (κ1) is 13.8. The minimum absolute atomic E-state index is 0.143. The Kier molecular flexibility index (Phi) is 6.17. The molecule has 0 aromatic heterocycles. The molecule has 0 heterocycles. The summed E-state index contributed by atoms with van der Waals surface area (Å²) in [5.74, 6) is 0.829. The van der Waals surface area contributed by atoms with Gasteiger partial charge in [-0.2, -0.15) is 0 Å². The SMILES string of the molecule is CCCNCC(C)Oc1ccc(Cl)cc1Br. The van der Waals surface area contributed by atoms with Gasteiger partial charge >= 0.3 is 0 Å². The minimum Gasteiger partial charge on any atom is -0.488 e. The van der Waals surface area contributed by atoms with Crippen LogP contribution in [0.2, 0.25) is 5.02 Å². The Labute approximate surface area is 110 Å². The van der Waals surface area contributed by atoms with Crippen LogP contribution in [0.15, 0.2) is 22.7 Å². The Morgan fingerprint density at radius 3 is 2.88 bits per heavy atom. The fourth-order valence-electron chi connectivity index (χ4n) is 1.31. The van der Waals surface area contributed by atoms with Crippen molar-refractivity contribution in [3.05, 3.63) is 27.7 Å². The number of nitrogens with one attached hydrogen (secondary N) is 1. The molecule has 4 heteroatoms. The maximum absolute atomic E-state index is 5.86. The first-order chi connectivity index (χ1) is 7.63. The van der Waals surface area contributed by atoms with Crippen molar-refractivity contribution in [3.8, 4) is 5.75 Å². The second kappa shape index (κ2) is 7.15. The van der Waals surface area contributed by atoms with Gasteiger partial charge in [-0.3, -0.25) is 0 Å². The Bertz CT molecular complexity index is 333. The summed E-state index contributed by atoms with van der Waals surface area (Å²) < 4.78 is 6.67. The van der Waals surface area contributed by atoms with Crippen molar-refractivity contribution >= 4 is 27.5 Å². The Morgan fingerprint density at radius 1 is 1.50 bits per heavy atom. The second-order valence-corrected chi connectivity index (χ2v) is 5.00. The lowest BCUT2D eigenvalue weighted by atomic mass is 10.3. The molecule has 0 fully saturated rings. The number of benzene rings is 1. The first-order valence-electron chi connectivity index (χ1n) is 5.46. The van der Waals surface area contributed by atoms with Gasteiger partial charge in [0.15, 0.2) is 0 Å². The van der Waals surface area contributed by atoms with Crippen molar-refractivity contribution in [2.45, 2.75) is 26.4 Å². The average Bonchev–Trinajstić information content (AvgIpc) is 2.23. The van der Waals surface area contributed by atoms with Gasteiger partial charge in [0.2, 0.25) is 0 Å². The lowest BCUT2D eigenvalue weighted by Gasteiger charge is -2.16. The number of hydrogen-bond donors (Lipinski definition) is 1. The van der Waals surface area contributed by atoms with Gasteiger partial charge in [0, 0.05) is 11.6 Å². The molecule has 0 radical (unpaired) electrons. The predicted octanol–water partition coefficient (Wildman–Crippen LogP) is 3.87. The maximum Gasteiger partial charge on any atom is 0.134 e. The molecule has 1 rings (SSSR count). The summed E-state index contributed by atoms with van der Waals surface area (Å²) in [6, 6.07) is 5.54. The maximum atomic E-state index is 5.86. The zero-order valence-corrected chi connectivity index (χ0v) is 11.9. The molecule has 0 aliphatic heterocycles. The smallest absolute Gasteiger partial charge is 0.134 e. The molecule has 0 aliphatic carbocycles. The largest absolute Gasteiger partial charge is 0.488 e. The average molecular weight is 307 g/mol. The summed E-state index contributed by atoms with van der Waals surface area (Å²) in [5, 5.41) is 4.02. The molecular formula is C12H17BrClNO. The third-order valence-electron chi connectivity index (χ3n) is 2.08. The van der Waals surface area contributed by atoms with Crippen molar-refractivity contribution in [2.75, 3.05) is 13.1 Å². The van der Waals surface area contributed by atoms with Gasteiger partial charge in [0.05, 0.1) is 4.47 Å². The highest BCUT2D eigenvalue weighted by atomic mass is 79.9. The highest BCUT2D eigenvalue weighted by molar-refractivity contribution is 9.10. The van der Waals surface area contributed by atoms with Gasteiger partial charge in [0.1, 0.15) is 11.9 Å². The third-order valence-corrected chi connectivity index (χ3v) is 2.94. The van der Waals surface area contributed by atoms with Gasteiger partial charge in [-0.05, 0) is 54.0 Å². The van der Waals surface area contributed by atoms with Crippen molar-refractivity contribution in [2.24, 2.45) is 0 Å². The molecule has 0 amide bonds. The van der Waals surface area contributed by atoms with Crippen molar-refractivity contribution < 1.29 is 4.74 Å². The molecular weight excluding hydrogens is 289 g/mol. The molecule has 1 unspecified atom stereocenters. The topological polar surface area (TPSA) is 21.3 Å². The fourth-order valence-corrected chi connectivity index (χ4v) is 2.09. The molecule has 0 saturated carbocycles. The highest BCUT2D eigenvalue weighted by Crippen LogP contribution is 2.28. The number of rotatable bonds is 6. The van der Waals surface area contributed by atoms with Crippen LogP contribution in [0.3, 0.4) is 0 Å². The Morgan fingerprint density at radius 2 is 2.25 bits per heavy atom. The monoisotopic (exact) mass is 305 g/mol. The van der Waals surface area contributed by atoms with Crippen LogP contribution in [-0.2, 0) is 0 Å². The zero-order chi connectivity index (χ0) is 12.0. The molecule has 1 aromatic rings. The summed E-state index contributed by atoms with van der Waals surface area (Å²) >= 11 is 9.29. The number of hydrogen-bond acceptors (Lipinski definition) is 2. The molecule has 16 heavy (non-hydrogen) atoms. The first-order valence-corrected chi connectivity index (χ1v) is 6.63. The lowest BCUT2D eigenvalue weighted by Crippen LogP contribution is -2.29. The van der Waals surface area contributed by atoms with E-state index in [0.29, 0.717) is 5.02 Å². The van der Waals surface area contributed by atoms with Crippen LogP contribution in [-0.4, -0.2) is 19.2 Å². The molecule has 1 aromatic carbocycles. The van der Waals surface area contributed by atoms with Gasteiger partial charge in [-0.25, -0.2) is 0 Å². The summed E-state index contributed by atoms with van der Waals surface area (Å²) in [4.78, 5) is 0. The molecule has 1 atom stereocenters. The molecule has 1 N–H and O–H groups in total. The number of ether oxygens (including phenoxy) is 1. The fraction of sp³-hybridized carbons (Fsp3) is 0.500. The third kappa shape index (κ3) is 4.73. The van der Waals surface area contributed by atoms with E-state index in [1.807, 2.05) is 25.1 Å². The summed E-state index contributed by atoms with van der Waals surface area (Å²) in [6.07, 6.45) is 1.28. The van der Waals surface area contributed by atoms with Gasteiger partial charge in [0.25, 0.3) is 0 Å². The van der Waals surface area contributed by atoms with Crippen LogP contribution in [0.1, 0.15) is 20.3 Å². The van der Waals surface area contributed by atoms with E-state index in [0.717, 1.165) is 29.7 Å². The van der Waals surface area contributed by atoms with Crippen molar-refractivity contribution in [3.63, 3.8) is 0 Å². The molecule has 90 valence electrons. The quantitative estimate of drug-likeness (QED) is 0.806. The lowest BCUT2D eigenvalue weighted by molar-refractivity contribution is 0.216. The van der Waals surface area contributed by atoms with E-state index in [1.54, 1.807) is 0 Å². The van der Waals surface area contributed by atoms with Gasteiger partial charge in [-0.15, -0.1) is 0 Å².